The van der Waals surface area contributed by atoms with Crippen molar-refractivity contribution in [2.45, 2.75) is 32.2 Å². The van der Waals surface area contributed by atoms with Crippen LogP contribution in [-0.4, -0.2) is 30.5 Å². The third kappa shape index (κ3) is 5.71. The fourth-order valence-electron chi connectivity index (χ4n) is 3.40. The van der Waals surface area contributed by atoms with Gasteiger partial charge in [0.15, 0.2) is 5.96 Å². The fourth-order valence-corrected chi connectivity index (χ4v) is 3.40. The van der Waals surface area contributed by atoms with Crippen molar-refractivity contribution in [2.75, 3.05) is 25.0 Å². The van der Waals surface area contributed by atoms with Crippen LogP contribution in [0.5, 0.6) is 0 Å². The van der Waals surface area contributed by atoms with E-state index in [0.29, 0.717) is 18.5 Å². The van der Waals surface area contributed by atoms with Crippen molar-refractivity contribution in [3.8, 4) is 0 Å². The molecule has 0 bridgehead atoms. The minimum atomic E-state index is 0. The Balaban J connectivity index is 0.00000243. The van der Waals surface area contributed by atoms with Crippen LogP contribution < -0.4 is 11.1 Å². The maximum atomic E-state index is 6.14. The summed E-state index contributed by atoms with van der Waals surface area (Å²) in [5.74, 6) is 0.480. The number of benzene rings is 2. The van der Waals surface area contributed by atoms with Crippen molar-refractivity contribution in [3.63, 3.8) is 0 Å². The second kappa shape index (κ2) is 10.5. The van der Waals surface area contributed by atoms with Crippen molar-refractivity contribution in [2.24, 2.45) is 10.7 Å². The summed E-state index contributed by atoms with van der Waals surface area (Å²) in [6, 6.07) is 19.2. The summed E-state index contributed by atoms with van der Waals surface area (Å²) in [5.41, 5.74) is 9.74. The zero-order chi connectivity index (χ0) is 17.5. The predicted octanol–water partition coefficient (Wildman–Crippen LogP) is 4.43. The lowest BCUT2D eigenvalue weighted by Crippen LogP contribution is -2.30. The number of rotatable bonds is 6. The molecule has 1 unspecified atom stereocenters. The number of nitrogens with zero attached hydrogens (tertiary/aromatic N) is 2. The molecule has 1 heterocycles. The highest BCUT2D eigenvalue weighted by molar-refractivity contribution is 14.0. The fraction of sp³-hybridized carbons (Fsp3) is 0.381. The van der Waals surface area contributed by atoms with E-state index >= 15 is 0 Å². The highest BCUT2D eigenvalue weighted by Crippen LogP contribution is 2.25. The number of hydrogen-bond acceptors (Lipinski definition) is 2. The maximum Gasteiger partial charge on any atom is 0.193 e. The molecule has 3 N–H and O–H groups in total. The van der Waals surface area contributed by atoms with Crippen molar-refractivity contribution in [3.05, 3.63) is 65.7 Å². The number of aliphatic imine (C=N–C) groups is 1. The Morgan fingerprint density at radius 2 is 1.85 bits per heavy atom. The standard InChI is InChI=1S/C21H28N4.HI/c1-2-17-9-8-12-19(15-17)24-21(22)23-16-20(25-13-6-7-14-25)18-10-4-3-5-11-18;/h3-5,8-12,15,20H,2,6-7,13-14,16H2,1H3,(H3,22,23,24);1H. The van der Waals surface area contributed by atoms with E-state index in [1.165, 1.54) is 24.0 Å². The average molecular weight is 464 g/mol. The molecule has 2 aromatic carbocycles. The van der Waals surface area contributed by atoms with Crippen molar-refractivity contribution in [1.29, 1.82) is 0 Å². The molecule has 1 atom stereocenters. The number of likely N-dealkylation sites (tertiary alicyclic amines) is 1. The van der Waals surface area contributed by atoms with Gasteiger partial charge in [-0.3, -0.25) is 9.89 Å². The van der Waals surface area contributed by atoms with Crippen LogP contribution in [0.25, 0.3) is 0 Å². The van der Waals surface area contributed by atoms with Crippen LogP contribution in [0.2, 0.25) is 0 Å². The van der Waals surface area contributed by atoms with Crippen LogP contribution in [0.3, 0.4) is 0 Å². The lowest BCUT2D eigenvalue weighted by molar-refractivity contribution is 0.252. The highest BCUT2D eigenvalue weighted by atomic mass is 127. The van der Waals surface area contributed by atoms with Crippen molar-refractivity contribution < 1.29 is 0 Å². The average Bonchev–Trinajstić information content (AvgIpc) is 3.17. The summed E-state index contributed by atoms with van der Waals surface area (Å²) in [4.78, 5) is 7.16. The zero-order valence-corrected chi connectivity index (χ0v) is 17.7. The van der Waals surface area contributed by atoms with Gasteiger partial charge in [0.25, 0.3) is 0 Å². The van der Waals surface area contributed by atoms with E-state index < -0.39 is 0 Å². The number of hydrogen-bond donors (Lipinski definition) is 2. The van der Waals surface area contributed by atoms with Crippen LogP contribution in [0, 0.1) is 0 Å². The van der Waals surface area contributed by atoms with E-state index in [9.17, 15) is 0 Å². The monoisotopic (exact) mass is 464 g/mol. The molecule has 1 saturated heterocycles. The van der Waals surface area contributed by atoms with Gasteiger partial charge >= 0.3 is 0 Å². The smallest absolute Gasteiger partial charge is 0.193 e. The van der Waals surface area contributed by atoms with Crippen LogP contribution in [0.4, 0.5) is 5.69 Å². The largest absolute Gasteiger partial charge is 0.370 e. The van der Waals surface area contributed by atoms with E-state index in [-0.39, 0.29) is 24.0 Å². The molecule has 0 aliphatic carbocycles. The zero-order valence-electron chi connectivity index (χ0n) is 15.4. The molecular weight excluding hydrogens is 435 g/mol. The summed E-state index contributed by atoms with van der Waals surface area (Å²) in [7, 11) is 0. The van der Waals surface area contributed by atoms with E-state index in [0.717, 1.165) is 25.2 Å². The summed E-state index contributed by atoms with van der Waals surface area (Å²) >= 11 is 0. The second-order valence-electron chi connectivity index (χ2n) is 6.57. The molecule has 140 valence electrons. The first kappa shape index (κ1) is 20.7. The number of nitrogens with one attached hydrogen (secondary N) is 1. The van der Waals surface area contributed by atoms with Crippen LogP contribution in [-0.2, 0) is 6.42 Å². The molecule has 0 spiro atoms. The Bertz CT molecular complexity index is 696. The minimum Gasteiger partial charge on any atom is -0.370 e. The molecule has 3 rings (SSSR count). The van der Waals surface area contributed by atoms with E-state index in [2.05, 4.69) is 64.6 Å². The number of nitrogens with two attached hydrogens (primary N) is 1. The number of aryl methyl sites for hydroxylation is 1. The lowest BCUT2D eigenvalue weighted by atomic mass is 10.1. The van der Waals surface area contributed by atoms with Gasteiger partial charge in [-0.25, -0.2) is 0 Å². The van der Waals surface area contributed by atoms with Crippen LogP contribution >= 0.6 is 24.0 Å². The Hall–Kier alpha value is -1.60. The van der Waals surface area contributed by atoms with Gasteiger partial charge in [0.1, 0.15) is 0 Å². The van der Waals surface area contributed by atoms with Gasteiger partial charge in [-0.15, -0.1) is 24.0 Å². The molecule has 0 radical (unpaired) electrons. The highest BCUT2D eigenvalue weighted by Gasteiger charge is 2.23. The third-order valence-corrected chi connectivity index (χ3v) is 4.81. The molecule has 1 fully saturated rings. The topological polar surface area (TPSA) is 53.6 Å². The van der Waals surface area contributed by atoms with Gasteiger partial charge in [0, 0.05) is 5.69 Å². The summed E-state index contributed by atoms with van der Waals surface area (Å²) < 4.78 is 0. The molecule has 0 saturated carbocycles. The quantitative estimate of drug-likeness (QED) is 0.378. The van der Waals surface area contributed by atoms with E-state index in [1.807, 2.05) is 12.1 Å². The lowest BCUT2D eigenvalue weighted by Gasteiger charge is -2.26. The minimum absolute atomic E-state index is 0. The number of anilines is 1. The summed E-state index contributed by atoms with van der Waals surface area (Å²) in [6.07, 6.45) is 3.55. The Morgan fingerprint density at radius 1 is 1.12 bits per heavy atom. The first-order chi connectivity index (χ1) is 12.3. The van der Waals surface area contributed by atoms with Gasteiger partial charge < -0.3 is 11.1 Å². The SMILES string of the molecule is CCc1cccc(NC(N)=NCC(c2ccccc2)N2CCCC2)c1.I. The molecule has 1 aliphatic rings. The van der Waals surface area contributed by atoms with Gasteiger partial charge in [0.05, 0.1) is 12.6 Å². The summed E-state index contributed by atoms with van der Waals surface area (Å²) in [6.45, 7) is 5.11. The Morgan fingerprint density at radius 3 is 2.54 bits per heavy atom. The van der Waals surface area contributed by atoms with E-state index in [4.69, 9.17) is 5.73 Å². The Kier molecular flexibility index (Phi) is 8.38. The van der Waals surface area contributed by atoms with Gasteiger partial charge in [-0.05, 0) is 55.6 Å². The normalized spacial score (nSPS) is 16.1. The van der Waals surface area contributed by atoms with Gasteiger partial charge in [-0.2, -0.15) is 0 Å². The molecule has 2 aromatic rings. The van der Waals surface area contributed by atoms with Crippen molar-refractivity contribution >= 4 is 35.6 Å². The number of guanidine groups is 1. The molecule has 1 aliphatic heterocycles. The molecule has 5 heteroatoms. The van der Waals surface area contributed by atoms with Gasteiger partial charge in [-0.1, -0.05) is 49.4 Å². The summed E-state index contributed by atoms with van der Waals surface area (Å²) in [5, 5.41) is 3.22. The molecular formula is C21H29IN4. The molecule has 0 amide bonds. The molecule has 0 aromatic heterocycles. The maximum absolute atomic E-state index is 6.14. The predicted molar refractivity (Wildman–Crippen MR) is 121 cm³/mol. The van der Waals surface area contributed by atoms with Crippen LogP contribution in [0.1, 0.15) is 36.9 Å². The molecule has 4 nitrogen and oxygen atoms in total. The van der Waals surface area contributed by atoms with Gasteiger partial charge in [0.2, 0.25) is 0 Å². The first-order valence-electron chi connectivity index (χ1n) is 9.21. The third-order valence-electron chi connectivity index (χ3n) is 4.81. The van der Waals surface area contributed by atoms with Crippen molar-refractivity contribution in [1.82, 2.24) is 4.90 Å². The van der Waals surface area contributed by atoms with Crippen LogP contribution in [0.15, 0.2) is 59.6 Å². The molecule has 26 heavy (non-hydrogen) atoms. The second-order valence-corrected chi connectivity index (χ2v) is 6.57. The Labute approximate surface area is 173 Å². The van der Waals surface area contributed by atoms with E-state index in [1.54, 1.807) is 0 Å². The first-order valence-corrected chi connectivity index (χ1v) is 9.21. The number of halogens is 1.